The van der Waals surface area contributed by atoms with Crippen molar-refractivity contribution < 1.29 is 13.2 Å². The Morgan fingerprint density at radius 1 is 1.31 bits per heavy atom. The lowest BCUT2D eigenvalue weighted by atomic mass is 9.97. The molecule has 1 fully saturated rings. The largest absolute Gasteiger partial charge is 0.393 e. The summed E-state index contributed by atoms with van der Waals surface area (Å²) >= 11 is 0. The number of piperidine rings is 1. The topological polar surface area (TPSA) is 16.1 Å². The highest BCUT2D eigenvalue weighted by Crippen LogP contribution is 2.34. The molecular formula is C11H13F3N2. The SMILES string of the molecule is FC(F)(F)C1CCCN(c2ccccn2)C1. The molecule has 0 aromatic carbocycles. The zero-order valence-electron chi connectivity index (χ0n) is 8.74. The number of halogens is 3. The maximum atomic E-state index is 12.6. The van der Waals surface area contributed by atoms with Crippen molar-refractivity contribution in [2.45, 2.75) is 19.0 Å². The monoisotopic (exact) mass is 230 g/mol. The van der Waals surface area contributed by atoms with E-state index in [0.29, 0.717) is 18.8 Å². The van der Waals surface area contributed by atoms with Crippen LogP contribution in [0.4, 0.5) is 19.0 Å². The summed E-state index contributed by atoms with van der Waals surface area (Å²) in [4.78, 5) is 5.79. The van der Waals surface area contributed by atoms with Crippen molar-refractivity contribution in [1.29, 1.82) is 0 Å². The molecule has 0 radical (unpaired) electrons. The number of anilines is 1. The minimum absolute atomic E-state index is 0.0283. The predicted molar refractivity (Wildman–Crippen MR) is 55.2 cm³/mol. The van der Waals surface area contributed by atoms with E-state index in [-0.39, 0.29) is 13.0 Å². The van der Waals surface area contributed by atoms with Crippen LogP contribution in [0.2, 0.25) is 0 Å². The van der Waals surface area contributed by atoms with Crippen molar-refractivity contribution in [3.8, 4) is 0 Å². The van der Waals surface area contributed by atoms with E-state index < -0.39 is 12.1 Å². The van der Waals surface area contributed by atoms with Crippen molar-refractivity contribution in [3.05, 3.63) is 24.4 Å². The third-order valence-corrected chi connectivity index (χ3v) is 2.86. The Labute approximate surface area is 92.1 Å². The van der Waals surface area contributed by atoms with Gasteiger partial charge < -0.3 is 4.90 Å². The van der Waals surface area contributed by atoms with Crippen molar-refractivity contribution in [2.24, 2.45) is 5.92 Å². The van der Waals surface area contributed by atoms with E-state index in [1.807, 2.05) is 0 Å². The Balaban J connectivity index is 2.08. The summed E-state index contributed by atoms with van der Waals surface area (Å²) < 4.78 is 37.7. The molecule has 0 bridgehead atoms. The van der Waals surface area contributed by atoms with Crippen LogP contribution < -0.4 is 4.90 Å². The molecule has 1 atom stereocenters. The van der Waals surface area contributed by atoms with Gasteiger partial charge in [-0.25, -0.2) is 4.98 Å². The molecule has 5 heteroatoms. The molecule has 1 unspecified atom stereocenters. The van der Waals surface area contributed by atoms with Gasteiger partial charge in [-0.1, -0.05) is 6.07 Å². The number of rotatable bonds is 1. The van der Waals surface area contributed by atoms with Crippen LogP contribution in [0.5, 0.6) is 0 Å². The molecule has 2 heterocycles. The van der Waals surface area contributed by atoms with Gasteiger partial charge >= 0.3 is 6.18 Å². The maximum absolute atomic E-state index is 12.6. The summed E-state index contributed by atoms with van der Waals surface area (Å²) in [5, 5.41) is 0. The number of pyridine rings is 1. The van der Waals surface area contributed by atoms with Crippen LogP contribution in [0.3, 0.4) is 0 Å². The molecule has 88 valence electrons. The fraction of sp³-hybridized carbons (Fsp3) is 0.545. The summed E-state index contributed by atoms with van der Waals surface area (Å²) in [7, 11) is 0. The molecule has 1 aliphatic rings. The van der Waals surface area contributed by atoms with Crippen LogP contribution in [0.25, 0.3) is 0 Å². The average molecular weight is 230 g/mol. The Morgan fingerprint density at radius 2 is 2.12 bits per heavy atom. The standard InChI is InChI=1S/C11H13F3N2/c12-11(13,14)9-4-3-7-16(8-9)10-5-1-2-6-15-10/h1-2,5-6,9H,3-4,7-8H2. The molecular weight excluding hydrogens is 217 g/mol. The first-order chi connectivity index (χ1) is 7.57. The summed E-state index contributed by atoms with van der Waals surface area (Å²) in [5.41, 5.74) is 0. The lowest BCUT2D eigenvalue weighted by Gasteiger charge is -2.34. The van der Waals surface area contributed by atoms with Crippen LogP contribution in [0, 0.1) is 5.92 Å². The Bertz CT molecular complexity index is 337. The fourth-order valence-electron chi connectivity index (χ4n) is 1.99. The molecule has 0 saturated carbocycles. The molecule has 1 saturated heterocycles. The van der Waals surface area contributed by atoms with Gasteiger partial charge in [-0.2, -0.15) is 13.2 Å². The van der Waals surface area contributed by atoms with E-state index in [4.69, 9.17) is 0 Å². The van der Waals surface area contributed by atoms with Gasteiger partial charge in [0.2, 0.25) is 0 Å². The van der Waals surface area contributed by atoms with Gasteiger partial charge in [-0.05, 0) is 25.0 Å². The molecule has 16 heavy (non-hydrogen) atoms. The lowest BCUT2D eigenvalue weighted by molar-refractivity contribution is -0.176. The average Bonchev–Trinajstić information content (AvgIpc) is 2.29. The summed E-state index contributed by atoms with van der Waals surface area (Å²) in [5.74, 6) is -0.584. The summed E-state index contributed by atoms with van der Waals surface area (Å²) in [6.45, 7) is 0.685. The van der Waals surface area contributed by atoms with E-state index in [2.05, 4.69) is 4.98 Å². The van der Waals surface area contributed by atoms with Gasteiger partial charge in [-0.15, -0.1) is 0 Å². The lowest BCUT2D eigenvalue weighted by Crippen LogP contribution is -2.42. The molecule has 0 aliphatic carbocycles. The highest BCUT2D eigenvalue weighted by molar-refractivity contribution is 5.38. The highest BCUT2D eigenvalue weighted by Gasteiger charge is 2.41. The smallest absolute Gasteiger partial charge is 0.356 e. The molecule has 0 N–H and O–H groups in total. The first kappa shape index (κ1) is 11.2. The van der Waals surface area contributed by atoms with E-state index in [9.17, 15) is 13.2 Å². The van der Waals surface area contributed by atoms with Crippen molar-refractivity contribution in [2.75, 3.05) is 18.0 Å². The molecule has 1 aromatic rings. The second kappa shape index (κ2) is 4.31. The maximum Gasteiger partial charge on any atom is 0.393 e. The Morgan fingerprint density at radius 3 is 2.75 bits per heavy atom. The number of hydrogen-bond donors (Lipinski definition) is 0. The van der Waals surface area contributed by atoms with Gasteiger partial charge in [0.15, 0.2) is 0 Å². The van der Waals surface area contributed by atoms with Crippen LogP contribution >= 0.6 is 0 Å². The van der Waals surface area contributed by atoms with Crippen LogP contribution in [-0.2, 0) is 0 Å². The molecule has 1 aliphatic heterocycles. The zero-order chi connectivity index (χ0) is 11.6. The quantitative estimate of drug-likeness (QED) is 0.737. The predicted octanol–water partition coefficient (Wildman–Crippen LogP) is 2.86. The normalized spacial score (nSPS) is 22.2. The second-order valence-corrected chi connectivity index (χ2v) is 4.01. The summed E-state index contributed by atoms with van der Waals surface area (Å²) in [6, 6.07) is 5.30. The minimum Gasteiger partial charge on any atom is -0.356 e. The molecule has 0 amide bonds. The van der Waals surface area contributed by atoms with Crippen LogP contribution in [0.1, 0.15) is 12.8 Å². The van der Waals surface area contributed by atoms with Gasteiger partial charge in [-0.3, -0.25) is 0 Å². The Hall–Kier alpha value is -1.26. The first-order valence-corrected chi connectivity index (χ1v) is 5.30. The van der Waals surface area contributed by atoms with Crippen LogP contribution in [0.15, 0.2) is 24.4 Å². The second-order valence-electron chi connectivity index (χ2n) is 4.01. The van der Waals surface area contributed by atoms with Gasteiger partial charge in [0.25, 0.3) is 0 Å². The number of alkyl halides is 3. The third kappa shape index (κ3) is 2.46. The van der Waals surface area contributed by atoms with Gasteiger partial charge in [0, 0.05) is 19.3 Å². The van der Waals surface area contributed by atoms with Crippen LogP contribution in [-0.4, -0.2) is 24.2 Å². The van der Waals surface area contributed by atoms with Crippen molar-refractivity contribution in [3.63, 3.8) is 0 Å². The molecule has 2 rings (SSSR count). The number of nitrogens with zero attached hydrogens (tertiary/aromatic N) is 2. The first-order valence-electron chi connectivity index (χ1n) is 5.30. The zero-order valence-corrected chi connectivity index (χ0v) is 8.74. The molecule has 2 nitrogen and oxygen atoms in total. The minimum atomic E-state index is -4.09. The van der Waals surface area contributed by atoms with Crippen molar-refractivity contribution >= 4 is 5.82 Å². The van der Waals surface area contributed by atoms with Crippen molar-refractivity contribution in [1.82, 2.24) is 4.98 Å². The van der Waals surface area contributed by atoms with Gasteiger partial charge in [0.1, 0.15) is 5.82 Å². The fourth-order valence-corrected chi connectivity index (χ4v) is 1.99. The summed E-state index contributed by atoms with van der Waals surface area (Å²) in [6.07, 6.45) is -1.69. The highest BCUT2D eigenvalue weighted by atomic mass is 19.4. The molecule has 0 spiro atoms. The Kier molecular flexibility index (Phi) is 3.03. The van der Waals surface area contributed by atoms with Gasteiger partial charge in [0.05, 0.1) is 5.92 Å². The number of hydrogen-bond acceptors (Lipinski definition) is 2. The van der Waals surface area contributed by atoms with E-state index >= 15 is 0 Å². The van der Waals surface area contributed by atoms with E-state index in [1.54, 1.807) is 29.3 Å². The molecule has 1 aromatic heterocycles. The number of aromatic nitrogens is 1. The van der Waals surface area contributed by atoms with E-state index in [1.165, 1.54) is 0 Å². The van der Waals surface area contributed by atoms with E-state index in [0.717, 1.165) is 0 Å². The third-order valence-electron chi connectivity index (χ3n) is 2.86.